The van der Waals surface area contributed by atoms with E-state index in [1.807, 2.05) is 0 Å². The van der Waals surface area contributed by atoms with Crippen LogP contribution in [0.4, 0.5) is 10.8 Å². The summed E-state index contributed by atoms with van der Waals surface area (Å²) in [5.74, 6) is 0. The zero-order chi connectivity index (χ0) is 12.5. The Morgan fingerprint density at radius 1 is 1.33 bits per heavy atom. The van der Waals surface area contributed by atoms with Gasteiger partial charge in [0.25, 0.3) is 0 Å². The van der Waals surface area contributed by atoms with Crippen LogP contribution in [0.25, 0.3) is 0 Å². The second kappa shape index (κ2) is 4.61. The van der Waals surface area contributed by atoms with Crippen LogP contribution >= 0.6 is 11.3 Å². The van der Waals surface area contributed by atoms with Gasteiger partial charge in [-0.15, -0.1) is 11.3 Å². The van der Waals surface area contributed by atoms with E-state index in [0.29, 0.717) is 11.2 Å². The van der Waals surface area contributed by atoms with Crippen LogP contribution in [-0.2, 0) is 0 Å². The highest BCUT2D eigenvalue weighted by molar-refractivity contribution is 7.13. The van der Waals surface area contributed by atoms with Crippen LogP contribution in [0.15, 0.2) is 29.6 Å². The van der Waals surface area contributed by atoms with Crippen molar-refractivity contribution < 1.29 is 0 Å². The third-order valence-corrected chi connectivity index (χ3v) is 4.19. The maximum Gasteiger partial charge on any atom is 0.180 e. The molecule has 2 N–H and O–H groups in total. The number of aryl methyl sites for hydroxylation is 1. The molecule has 3 rings (SSSR count). The molecule has 94 valence electrons. The van der Waals surface area contributed by atoms with E-state index in [0.717, 1.165) is 18.7 Å². The third kappa shape index (κ3) is 2.08. The van der Waals surface area contributed by atoms with E-state index in [-0.39, 0.29) is 0 Å². The van der Waals surface area contributed by atoms with Crippen molar-refractivity contribution in [3.8, 4) is 0 Å². The van der Waals surface area contributed by atoms with Gasteiger partial charge in [-0.25, -0.2) is 4.98 Å². The molecule has 0 amide bonds. The van der Waals surface area contributed by atoms with Gasteiger partial charge in [-0.3, -0.25) is 0 Å². The molecule has 2 heterocycles. The van der Waals surface area contributed by atoms with Gasteiger partial charge in [0.1, 0.15) is 0 Å². The summed E-state index contributed by atoms with van der Waals surface area (Å²) in [6.07, 6.45) is 2.38. The second-order valence-electron chi connectivity index (χ2n) is 4.80. The smallest absolute Gasteiger partial charge is 0.180 e. The van der Waals surface area contributed by atoms with Crippen LogP contribution in [0.3, 0.4) is 0 Å². The summed E-state index contributed by atoms with van der Waals surface area (Å²) in [4.78, 5) is 6.88. The number of nitrogen functional groups attached to an aromatic ring is 1. The minimum Gasteiger partial charge on any atom is -0.375 e. The Balaban J connectivity index is 1.89. The van der Waals surface area contributed by atoms with Gasteiger partial charge >= 0.3 is 0 Å². The first kappa shape index (κ1) is 11.5. The number of nitrogens with zero attached hydrogens (tertiary/aromatic N) is 2. The monoisotopic (exact) mass is 259 g/mol. The molecule has 1 aliphatic heterocycles. The largest absolute Gasteiger partial charge is 0.375 e. The molecule has 0 bridgehead atoms. The first-order chi connectivity index (χ1) is 8.74. The van der Waals surface area contributed by atoms with Crippen LogP contribution in [0.2, 0.25) is 0 Å². The maximum atomic E-state index is 5.74. The Hall–Kier alpha value is -1.55. The Bertz CT molecular complexity index is 532. The highest BCUT2D eigenvalue weighted by Gasteiger charge is 2.27. The zero-order valence-electron chi connectivity index (χ0n) is 10.5. The fourth-order valence-electron chi connectivity index (χ4n) is 2.57. The van der Waals surface area contributed by atoms with Gasteiger partial charge in [-0.2, -0.15) is 0 Å². The first-order valence-corrected chi connectivity index (χ1v) is 7.16. The Morgan fingerprint density at radius 2 is 2.11 bits per heavy atom. The van der Waals surface area contributed by atoms with E-state index in [9.17, 15) is 0 Å². The van der Waals surface area contributed by atoms with E-state index >= 15 is 0 Å². The van der Waals surface area contributed by atoms with E-state index in [2.05, 4.69) is 46.5 Å². The average Bonchev–Trinajstić information content (AvgIpc) is 2.98. The normalized spacial score (nSPS) is 19.4. The summed E-state index contributed by atoms with van der Waals surface area (Å²) in [7, 11) is 0. The molecule has 0 unspecified atom stereocenters. The quantitative estimate of drug-likeness (QED) is 0.899. The van der Waals surface area contributed by atoms with Crippen molar-refractivity contribution in [1.29, 1.82) is 0 Å². The molecule has 4 heteroatoms. The zero-order valence-corrected chi connectivity index (χ0v) is 11.3. The molecule has 0 saturated carbocycles. The number of nitrogens with two attached hydrogens (primary N) is 1. The number of anilines is 2. The molecule has 0 spiro atoms. The molecule has 1 fully saturated rings. The van der Waals surface area contributed by atoms with E-state index < -0.39 is 0 Å². The summed E-state index contributed by atoms with van der Waals surface area (Å²) < 4.78 is 0. The predicted octanol–water partition coefficient (Wildman–Crippen LogP) is 3.38. The van der Waals surface area contributed by atoms with E-state index in [1.165, 1.54) is 29.0 Å². The number of benzene rings is 1. The molecular weight excluding hydrogens is 242 g/mol. The van der Waals surface area contributed by atoms with Gasteiger partial charge in [0.05, 0.1) is 11.7 Å². The molecule has 1 aliphatic rings. The van der Waals surface area contributed by atoms with E-state index in [4.69, 9.17) is 5.73 Å². The van der Waals surface area contributed by atoms with Crippen LogP contribution in [-0.4, -0.2) is 11.5 Å². The molecule has 2 aromatic rings. The minimum atomic E-state index is 0.390. The van der Waals surface area contributed by atoms with Crippen LogP contribution in [0.1, 0.15) is 30.1 Å². The molecule has 3 nitrogen and oxygen atoms in total. The Kier molecular flexibility index (Phi) is 2.96. The van der Waals surface area contributed by atoms with Crippen molar-refractivity contribution in [3.05, 3.63) is 40.9 Å². The number of hydrogen-bond donors (Lipinski definition) is 1. The first-order valence-electron chi connectivity index (χ1n) is 6.28. The lowest BCUT2D eigenvalue weighted by molar-refractivity contribution is 0.700. The second-order valence-corrected chi connectivity index (χ2v) is 5.69. The van der Waals surface area contributed by atoms with Crippen molar-refractivity contribution in [1.82, 2.24) is 4.98 Å². The molecule has 1 aromatic heterocycles. The van der Waals surface area contributed by atoms with Crippen molar-refractivity contribution in [2.24, 2.45) is 0 Å². The molecule has 0 aliphatic carbocycles. The minimum absolute atomic E-state index is 0.390. The van der Waals surface area contributed by atoms with Gasteiger partial charge in [0.2, 0.25) is 0 Å². The lowest BCUT2D eigenvalue weighted by Gasteiger charge is -2.25. The van der Waals surface area contributed by atoms with Crippen LogP contribution in [0.5, 0.6) is 0 Å². The summed E-state index contributed by atoms with van der Waals surface area (Å²) in [5.41, 5.74) is 9.45. The van der Waals surface area contributed by atoms with E-state index in [1.54, 1.807) is 0 Å². The lowest BCUT2D eigenvalue weighted by atomic mass is 10.1. The Morgan fingerprint density at radius 3 is 2.78 bits per heavy atom. The highest BCUT2D eigenvalue weighted by atomic mass is 32.1. The highest BCUT2D eigenvalue weighted by Crippen LogP contribution is 2.36. The summed E-state index contributed by atoms with van der Waals surface area (Å²) in [6.45, 7) is 3.22. The van der Waals surface area contributed by atoms with Crippen molar-refractivity contribution in [2.75, 3.05) is 17.2 Å². The third-order valence-electron chi connectivity index (χ3n) is 3.50. The summed E-state index contributed by atoms with van der Waals surface area (Å²) in [6, 6.07) is 9.12. The molecule has 18 heavy (non-hydrogen) atoms. The fraction of sp³-hybridized carbons (Fsp3) is 0.357. The summed E-state index contributed by atoms with van der Waals surface area (Å²) >= 11 is 1.53. The standard InChI is InChI=1S/C14H17N3S/c1-10-4-6-11(7-5-10)17-8-2-3-13(17)12-9-18-14(15)16-12/h4-7,9,13H,2-3,8H2,1H3,(H2,15,16)/t13-/m1/s1. The number of aromatic nitrogens is 1. The SMILES string of the molecule is Cc1ccc(N2CCC[C@@H]2c2csc(N)n2)cc1. The van der Waals surface area contributed by atoms with Crippen molar-refractivity contribution in [2.45, 2.75) is 25.8 Å². The lowest BCUT2D eigenvalue weighted by Crippen LogP contribution is -2.22. The Labute approximate surface area is 111 Å². The van der Waals surface area contributed by atoms with Crippen molar-refractivity contribution in [3.63, 3.8) is 0 Å². The van der Waals surface area contributed by atoms with Gasteiger partial charge in [-0.1, -0.05) is 17.7 Å². The van der Waals surface area contributed by atoms with Gasteiger partial charge in [-0.05, 0) is 31.9 Å². The molecule has 1 aromatic carbocycles. The fourth-order valence-corrected chi connectivity index (χ4v) is 3.18. The number of thiazole rings is 1. The molecule has 1 saturated heterocycles. The predicted molar refractivity (Wildman–Crippen MR) is 77.0 cm³/mol. The maximum absolute atomic E-state index is 5.74. The van der Waals surface area contributed by atoms with Crippen molar-refractivity contribution >= 4 is 22.2 Å². The summed E-state index contributed by atoms with van der Waals surface area (Å²) in [5, 5.41) is 2.76. The molecule has 0 radical (unpaired) electrons. The van der Waals surface area contributed by atoms with Crippen LogP contribution in [0, 0.1) is 6.92 Å². The van der Waals surface area contributed by atoms with Gasteiger partial charge in [0.15, 0.2) is 5.13 Å². The number of rotatable bonds is 2. The molecular formula is C14H17N3S. The van der Waals surface area contributed by atoms with Crippen LogP contribution < -0.4 is 10.6 Å². The van der Waals surface area contributed by atoms with Gasteiger partial charge in [0, 0.05) is 17.6 Å². The molecule has 1 atom stereocenters. The number of hydrogen-bond acceptors (Lipinski definition) is 4. The average molecular weight is 259 g/mol. The van der Waals surface area contributed by atoms with Gasteiger partial charge < -0.3 is 10.6 Å². The topological polar surface area (TPSA) is 42.1 Å².